The van der Waals surface area contributed by atoms with Crippen molar-refractivity contribution in [1.29, 1.82) is 0 Å². The fourth-order valence-corrected chi connectivity index (χ4v) is 2.92. The van der Waals surface area contributed by atoms with Crippen LogP contribution in [0.15, 0.2) is 27.7 Å². The summed E-state index contributed by atoms with van der Waals surface area (Å²) in [6.45, 7) is 2.13. The van der Waals surface area contributed by atoms with Crippen molar-refractivity contribution >= 4 is 38.5 Å². The number of aliphatic imine (C=N–C) groups is 1. The van der Waals surface area contributed by atoms with Gasteiger partial charge in [-0.05, 0) is 40.5 Å². The van der Waals surface area contributed by atoms with Crippen molar-refractivity contribution in [2.75, 3.05) is 11.1 Å². The molecular weight excluding hydrogens is 291 g/mol. The van der Waals surface area contributed by atoms with E-state index >= 15 is 0 Å². The van der Waals surface area contributed by atoms with Crippen LogP contribution in [0.2, 0.25) is 0 Å². The Labute approximate surface area is 107 Å². The first-order chi connectivity index (χ1) is 7.69. The van der Waals surface area contributed by atoms with Crippen molar-refractivity contribution in [3.63, 3.8) is 0 Å². The summed E-state index contributed by atoms with van der Waals surface area (Å²) in [6, 6.07) is 5.00. The van der Waals surface area contributed by atoms with Crippen LogP contribution in [-0.2, 0) is 0 Å². The van der Waals surface area contributed by atoms with E-state index in [2.05, 4.69) is 33.2 Å². The van der Waals surface area contributed by atoms with E-state index in [4.69, 9.17) is 0 Å². The van der Waals surface area contributed by atoms with Gasteiger partial charge in [0.1, 0.15) is 5.82 Å². The van der Waals surface area contributed by atoms with Crippen molar-refractivity contribution in [3.8, 4) is 0 Å². The minimum atomic E-state index is -0.245. The first kappa shape index (κ1) is 11.9. The van der Waals surface area contributed by atoms with E-state index in [-0.39, 0.29) is 5.82 Å². The van der Waals surface area contributed by atoms with Crippen molar-refractivity contribution in [2.45, 2.75) is 19.4 Å². The van der Waals surface area contributed by atoms with Crippen LogP contribution in [-0.4, -0.2) is 17.0 Å². The topological polar surface area (TPSA) is 24.4 Å². The van der Waals surface area contributed by atoms with Crippen LogP contribution in [0.3, 0.4) is 0 Å². The van der Waals surface area contributed by atoms with Crippen LogP contribution in [0.4, 0.5) is 10.1 Å². The van der Waals surface area contributed by atoms with E-state index in [9.17, 15) is 4.39 Å². The number of rotatable bonds is 2. The van der Waals surface area contributed by atoms with Gasteiger partial charge in [0, 0.05) is 10.2 Å². The van der Waals surface area contributed by atoms with E-state index in [1.165, 1.54) is 12.1 Å². The molecule has 0 fully saturated rings. The van der Waals surface area contributed by atoms with Gasteiger partial charge in [-0.1, -0.05) is 18.7 Å². The minimum Gasteiger partial charge on any atom is -0.334 e. The normalized spacial score (nSPS) is 19.7. The lowest BCUT2D eigenvalue weighted by molar-refractivity contribution is 0.627. The van der Waals surface area contributed by atoms with Crippen LogP contribution in [0, 0.1) is 5.82 Å². The summed E-state index contributed by atoms with van der Waals surface area (Å²) in [5.41, 5.74) is 0.851. The summed E-state index contributed by atoms with van der Waals surface area (Å²) < 4.78 is 13.6. The molecule has 0 amide bonds. The SMILES string of the molecule is CCC1CSC(Nc2ccc(F)cc2Br)=N1. The van der Waals surface area contributed by atoms with E-state index in [1.807, 2.05) is 0 Å². The van der Waals surface area contributed by atoms with Crippen molar-refractivity contribution in [2.24, 2.45) is 4.99 Å². The standard InChI is InChI=1S/C11H12BrFN2S/c1-2-8-6-16-11(14-8)15-10-4-3-7(13)5-9(10)12/h3-5,8H,2,6H2,1H3,(H,14,15). The van der Waals surface area contributed by atoms with Gasteiger partial charge >= 0.3 is 0 Å². The Morgan fingerprint density at radius 2 is 2.44 bits per heavy atom. The second-order valence-electron chi connectivity index (χ2n) is 3.56. The predicted molar refractivity (Wildman–Crippen MR) is 71.7 cm³/mol. The fourth-order valence-electron chi connectivity index (χ4n) is 1.40. The molecule has 1 aliphatic heterocycles. The summed E-state index contributed by atoms with van der Waals surface area (Å²) in [5, 5.41) is 4.12. The molecule has 0 radical (unpaired) electrons. The Bertz CT molecular complexity index is 422. The first-order valence-electron chi connectivity index (χ1n) is 5.11. The number of hydrogen-bond acceptors (Lipinski definition) is 3. The van der Waals surface area contributed by atoms with Crippen molar-refractivity contribution in [1.82, 2.24) is 0 Å². The molecule has 5 heteroatoms. The molecule has 1 aliphatic rings. The number of anilines is 1. The summed E-state index contributed by atoms with van der Waals surface area (Å²) in [5.74, 6) is 0.780. The number of benzene rings is 1. The number of hydrogen-bond donors (Lipinski definition) is 1. The smallest absolute Gasteiger partial charge is 0.161 e. The highest BCUT2D eigenvalue weighted by Crippen LogP contribution is 2.27. The molecule has 0 aliphatic carbocycles. The van der Waals surface area contributed by atoms with E-state index < -0.39 is 0 Å². The lowest BCUT2D eigenvalue weighted by Crippen LogP contribution is -2.06. The van der Waals surface area contributed by atoms with Crippen molar-refractivity contribution in [3.05, 3.63) is 28.5 Å². The minimum absolute atomic E-state index is 0.245. The maximum Gasteiger partial charge on any atom is 0.161 e. The maximum atomic E-state index is 12.9. The van der Waals surface area contributed by atoms with Crippen LogP contribution in [0.25, 0.3) is 0 Å². The molecule has 2 rings (SSSR count). The number of nitrogens with one attached hydrogen (secondary N) is 1. The summed E-state index contributed by atoms with van der Waals surface area (Å²) >= 11 is 5.03. The molecule has 0 aromatic heterocycles. The first-order valence-corrected chi connectivity index (χ1v) is 6.89. The van der Waals surface area contributed by atoms with Gasteiger partial charge in [-0.15, -0.1) is 0 Å². The highest BCUT2D eigenvalue weighted by atomic mass is 79.9. The van der Waals surface area contributed by atoms with Crippen LogP contribution >= 0.6 is 27.7 Å². The third-order valence-electron chi connectivity index (χ3n) is 2.36. The fraction of sp³-hybridized carbons (Fsp3) is 0.364. The molecule has 1 unspecified atom stereocenters. The second-order valence-corrected chi connectivity index (χ2v) is 5.42. The molecule has 2 nitrogen and oxygen atoms in total. The van der Waals surface area contributed by atoms with Gasteiger partial charge in [0.15, 0.2) is 5.17 Å². The average Bonchev–Trinajstić information content (AvgIpc) is 2.70. The molecular formula is C11H12BrFN2S. The van der Waals surface area contributed by atoms with Gasteiger partial charge in [-0.2, -0.15) is 0 Å². The molecule has 0 saturated heterocycles. The largest absolute Gasteiger partial charge is 0.334 e. The van der Waals surface area contributed by atoms with E-state index in [0.717, 1.165) is 27.5 Å². The average molecular weight is 303 g/mol. The van der Waals surface area contributed by atoms with Gasteiger partial charge in [-0.3, -0.25) is 4.99 Å². The summed E-state index contributed by atoms with van der Waals surface area (Å²) in [7, 11) is 0. The number of halogens is 2. The molecule has 1 N–H and O–H groups in total. The van der Waals surface area contributed by atoms with Crippen LogP contribution in [0.5, 0.6) is 0 Å². The number of nitrogens with zero attached hydrogens (tertiary/aromatic N) is 1. The highest BCUT2D eigenvalue weighted by molar-refractivity contribution is 9.10. The van der Waals surface area contributed by atoms with Gasteiger partial charge in [0.2, 0.25) is 0 Å². The molecule has 1 heterocycles. The Balaban J connectivity index is 2.10. The predicted octanol–water partition coefficient (Wildman–Crippen LogP) is 3.88. The second kappa shape index (κ2) is 5.19. The summed E-state index contributed by atoms with van der Waals surface area (Å²) in [4.78, 5) is 4.52. The Morgan fingerprint density at radius 3 is 3.06 bits per heavy atom. The molecule has 1 aromatic rings. The molecule has 1 atom stereocenters. The molecule has 16 heavy (non-hydrogen) atoms. The molecule has 86 valence electrons. The van der Waals surface area contributed by atoms with Gasteiger partial charge < -0.3 is 5.32 Å². The van der Waals surface area contributed by atoms with Gasteiger partial charge in [-0.25, -0.2) is 4.39 Å². The zero-order valence-electron chi connectivity index (χ0n) is 8.84. The molecule has 0 bridgehead atoms. The zero-order valence-corrected chi connectivity index (χ0v) is 11.2. The monoisotopic (exact) mass is 302 g/mol. The maximum absolute atomic E-state index is 12.9. The third kappa shape index (κ3) is 2.77. The Hall–Kier alpha value is -0.550. The van der Waals surface area contributed by atoms with E-state index in [1.54, 1.807) is 17.8 Å². The highest BCUT2D eigenvalue weighted by Gasteiger charge is 2.16. The quantitative estimate of drug-likeness (QED) is 0.896. The van der Waals surface area contributed by atoms with Crippen LogP contribution in [0.1, 0.15) is 13.3 Å². The van der Waals surface area contributed by atoms with Crippen LogP contribution < -0.4 is 5.32 Å². The number of thioether (sulfide) groups is 1. The van der Waals surface area contributed by atoms with Crippen molar-refractivity contribution < 1.29 is 4.39 Å². The summed E-state index contributed by atoms with van der Waals surface area (Å²) in [6.07, 6.45) is 1.06. The molecule has 0 saturated carbocycles. The zero-order chi connectivity index (χ0) is 11.5. The molecule has 0 spiro atoms. The Kier molecular flexibility index (Phi) is 3.86. The van der Waals surface area contributed by atoms with E-state index in [0.29, 0.717) is 6.04 Å². The molecule has 1 aromatic carbocycles. The van der Waals surface area contributed by atoms with Gasteiger partial charge in [0.25, 0.3) is 0 Å². The Morgan fingerprint density at radius 1 is 1.62 bits per heavy atom. The number of amidine groups is 1. The van der Waals surface area contributed by atoms with Gasteiger partial charge in [0.05, 0.1) is 11.7 Å². The third-order valence-corrected chi connectivity index (χ3v) is 4.04. The lowest BCUT2D eigenvalue weighted by atomic mass is 10.3. The lowest BCUT2D eigenvalue weighted by Gasteiger charge is -2.06.